The van der Waals surface area contributed by atoms with Crippen molar-refractivity contribution in [2.24, 2.45) is 0 Å². The van der Waals surface area contributed by atoms with Crippen LogP contribution in [0, 0.1) is 10.1 Å². The number of anilines is 2. The lowest BCUT2D eigenvalue weighted by Gasteiger charge is -2.21. The molecule has 1 saturated heterocycles. The third-order valence-corrected chi connectivity index (χ3v) is 3.01. The maximum absolute atomic E-state index is 10.6. The van der Waals surface area contributed by atoms with Crippen LogP contribution >= 0.6 is 0 Å². The van der Waals surface area contributed by atoms with Crippen LogP contribution in [-0.4, -0.2) is 23.0 Å². The number of hydrogen-bond donors (Lipinski definition) is 1. The van der Waals surface area contributed by atoms with Gasteiger partial charge in [-0.1, -0.05) is 12.8 Å². The zero-order valence-electron chi connectivity index (χ0n) is 9.63. The second-order valence-electron chi connectivity index (χ2n) is 4.23. The molecule has 1 aromatic rings. The van der Waals surface area contributed by atoms with Gasteiger partial charge in [0.05, 0.1) is 4.92 Å². The van der Waals surface area contributed by atoms with Crippen LogP contribution in [0.15, 0.2) is 12.1 Å². The highest BCUT2D eigenvalue weighted by atomic mass is 16.6. The van der Waals surface area contributed by atoms with Gasteiger partial charge in [0.1, 0.15) is 5.82 Å². The molecule has 2 N–H and O–H groups in total. The molecule has 0 amide bonds. The summed E-state index contributed by atoms with van der Waals surface area (Å²) in [6, 6.07) is 3.11. The van der Waals surface area contributed by atoms with Crippen LogP contribution in [0.4, 0.5) is 17.3 Å². The Labute approximate surface area is 99.6 Å². The summed E-state index contributed by atoms with van der Waals surface area (Å²) >= 11 is 0. The Bertz CT molecular complexity index is 414. The number of nitrogens with zero attached hydrogens (tertiary/aromatic N) is 3. The molecule has 1 aromatic heterocycles. The topological polar surface area (TPSA) is 85.3 Å². The van der Waals surface area contributed by atoms with Crippen LogP contribution in [0.3, 0.4) is 0 Å². The Hall–Kier alpha value is -1.85. The van der Waals surface area contributed by atoms with Crippen molar-refractivity contribution >= 4 is 17.3 Å². The molecule has 0 spiro atoms. The van der Waals surface area contributed by atoms with Gasteiger partial charge in [-0.15, -0.1) is 0 Å². The highest BCUT2D eigenvalue weighted by molar-refractivity contribution is 5.57. The summed E-state index contributed by atoms with van der Waals surface area (Å²) < 4.78 is 0. The number of aromatic nitrogens is 1. The summed E-state index contributed by atoms with van der Waals surface area (Å²) in [6.45, 7) is 1.90. The molecule has 0 aliphatic carbocycles. The van der Waals surface area contributed by atoms with Crippen LogP contribution in [-0.2, 0) is 0 Å². The highest BCUT2D eigenvalue weighted by Crippen LogP contribution is 2.24. The van der Waals surface area contributed by atoms with Gasteiger partial charge in [-0.3, -0.25) is 10.1 Å². The van der Waals surface area contributed by atoms with Gasteiger partial charge in [-0.05, 0) is 18.9 Å². The molecule has 1 fully saturated rings. The fraction of sp³-hybridized carbons (Fsp3) is 0.545. The number of pyridine rings is 1. The molecule has 0 bridgehead atoms. The van der Waals surface area contributed by atoms with Gasteiger partial charge in [-0.25, -0.2) is 4.98 Å². The van der Waals surface area contributed by atoms with Gasteiger partial charge >= 0.3 is 5.69 Å². The molecular weight excluding hydrogens is 220 g/mol. The number of rotatable bonds is 2. The van der Waals surface area contributed by atoms with E-state index in [1.807, 2.05) is 0 Å². The van der Waals surface area contributed by atoms with Crippen LogP contribution in [0.2, 0.25) is 0 Å². The first kappa shape index (κ1) is 11.6. The van der Waals surface area contributed by atoms with E-state index in [1.54, 1.807) is 6.07 Å². The van der Waals surface area contributed by atoms with Gasteiger partial charge in [0.15, 0.2) is 0 Å². The fourth-order valence-corrected chi connectivity index (χ4v) is 2.09. The average Bonchev–Trinajstić information content (AvgIpc) is 2.56. The van der Waals surface area contributed by atoms with E-state index in [9.17, 15) is 10.1 Å². The summed E-state index contributed by atoms with van der Waals surface area (Å²) in [6.07, 6.45) is 4.75. The van der Waals surface area contributed by atoms with Gasteiger partial charge in [0.2, 0.25) is 5.82 Å². The van der Waals surface area contributed by atoms with E-state index in [0.29, 0.717) is 0 Å². The summed E-state index contributed by atoms with van der Waals surface area (Å²) in [7, 11) is 0. The molecule has 6 nitrogen and oxygen atoms in total. The fourth-order valence-electron chi connectivity index (χ4n) is 2.09. The maximum atomic E-state index is 10.6. The molecule has 0 saturated carbocycles. The SMILES string of the molecule is Nc1nc(N2CCCCCC2)ccc1[N+](=O)[O-]. The minimum atomic E-state index is -0.505. The zero-order chi connectivity index (χ0) is 12.3. The van der Waals surface area contributed by atoms with Crippen molar-refractivity contribution in [3.8, 4) is 0 Å². The number of nitro groups is 1. The van der Waals surface area contributed by atoms with Gasteiger partial charge in [0, 0.05) is 19.2 Å². The summed E-state index contributed by atoms with van der Waals surface area (Å²) in [5.41, 5.74) is 5.47. The Kier molecular flexibility index (Phi) is 3.41. The van der Waals surface area contributed by atoms with Crippen molar-refractivity contribution in [1.82, 2.24) is 4.98 Å². The molecule has 1 aliphatic heterocycles. The Morgan fingerprint density at radius 3 is 2.41 bits per heavy atom. The van der Waals surface area contributed by atoms with Crippen LogP contribution in [0.1, 0.15) is 25.7 Å². The number of nitrogen functional groups attached to an aromatic ring is 1. The molecular formula is C11H16N4O2. The van der Waals surface area contributed by atoms with E-state index < -0.39 is 4.92 Å². The van der Waals surface area contributed by atoms with Gasteiger partial charge < -0.3 is 10.6 Å². The molecule has 0 aromatic carbocycles. The highest BCUT2D eigenvalue weighted by Gasteiger charge is 2.16. The van der Waals surface area contributed by atoms with E-state index in [-0.39, 0.29) is 11.5 Å². The third-order valence-electron chi connectivity index (χ3n) is 3.01. The molecule has 0 atom stereocenters. The second kappa shape index (κ2) is 4.99. The number of nitrogens with two attached hydrogens (primary N) is 1. The predicted molar refractivity (Wildman–Crippen MR) is 66.0 cm³/mol. The first-order chi connectivity index (χ1) is 8.18. The third kappa shape index (κ3) is 2.64. The minimum Gasteiger partial charge on any atom is -0.378 e. The van der Waals surface area contributed by atoms with E-state index in [4.69, 9.17) is 5.73 Å². The molecule has 92 valence electrons. The largest absolute Gasteiger partial charge is 0.378 e. The molecule has 1 aliphatic rings. The smallest absolute Gasteiger partial charge is 0.311 e. The first-order valence-electron chi connectivity index (χ1n) is 5.84. The number of hydrogen-bond acceptors (Lipinski definition) is 5. The van der Waals surface area contributed by atoms with E-state index >= 15 is 0 Å². The lowest BCUT2D eigenvalue weighted by atomic mass is 10.2. The molecule has 2 heterocycles. The Morgan fingerprint density at radius 1 is 1.24 bits per heavy atom. The minimum absolute atomic E-state index is 0.00301. The quantitative estimate of drug-likeness (QED) is 0.626. The molecule has 0 unspecified atom stereocenters. The molecule has 6 heteroatoms. The first-order valence-corrected chi connectivity index (χ1v) is 5.84. The zero-order valence-corrected chi connectivity index (χ0v) is 9.63. The van der Waals surface area contributed by atoms with Crippen LogP contribution in [0.25, 0.3) is 0 Å². The van der Waals surface area contributed by atoms with Crippen molar-refractivity contribution in [2.75, 3.05) is 23.7 Å². The van der Waals surface area contributed by atoms with E-state index in [2.05, 4.69) is 9.88 Å². The van der Waals surface area contributed by atoms with Crippen molar-refractivity contribution in [3.05, 3.63) is 22.2 Å². The molecule has 17 heavy (non-hydrogen) atoms. The van der Waals surface area contributed by atoms with Gasteiger partial charge in [0.25, 0.3) is 0 Å². The summed E-state index contributed by atoms with van der Waals surface area (Å²) in [5.74, 6) is 0.742. The lowest BCUT2D eigenvalue weighted by molar-refractivity contribution is -0.384. The monoisotopic (exact) mass is 236 g/mol. The maximum Gasteiger partial charge on any atom is 0.311 e. The molecule has 2 rings (SSSR count). The van der Waals surface area contributed by atoms with E-state index in [0.717, 1.165) is 31.7 Å². The van der Waals surface area contributed by atoms with Crippen LogP contribution < -0.4 is 10.6 Å². The van der Waals surface area contributed by atoms with Gasteiger partial charge in [-0.2, -0.15) is 0 Å². The summed E-state index contributed by atoms with van der Waals surface area (Å²) in [5, 5.41) is 10.6. The molecule has 0 radical (unpaired) electrons. The van der Waals surface area contributed by atoms with E-state index in [1.165, 1.54) is 18.9 Å². The summed E-state index contributed by atoms with van der Waals surface area (Å²) in [4.78, 5) is 16.4. The standard InChI is InChI=1S/C11H16N4O2/c12-11-9(15(16)17)5-6-10(13-11)14-7-3-1-2-4-8-14/h5-6H,1-4,7-8H2,(H2,12,13). The van der Waals surface area contributed by atoms with Crippen molar-refractivity contribution < 1.29 is 4.92 Å². The van der Waals surface area contributed by atoms with Crippen molar-refractivity contribution in [3.63, 3.8) is 0 Å². The normalized spacial score (nSPS) is 16.6. The van der Waals surface area contributed by atoms with Crippen molar-refractivity contribution in [1.29, 1.82) is 0 Å². The van der Waals surface area contributed by atoms with Crippen molar-refractivity contribution in [2.45, 2.75) is 25.7 Å². The average molecular weight is 236 g/mol. The predicted octanol–water partition coefficient (Wildman–Crippen LogP) is 1.95. The lowest BCUT2D eigenvalue weighted by Crippen LogP contribution is -2.25. The second-order valence-corrected chi connectivity index (χ2v) is 4.23. The van der Waals surface area contributed by atoms with Crippen LogP contribution in [0.5, 0.6) is 0 Å². The Morgan fingerprint density at radius 2 is 1.88 bits per heavy atom. The Balaban J connectivity index is 2.21.